The number of rotatable bonds is 6. The maximum atomic E-state index is 12.2. The zero-order valence-corrected chi connectivity index (χ0v) is 12.8. The van der Waals surface area contributed by atoms with Gasteiger partial charge in [0.1, 0.15) is 6.54 Å². The highest BCUT2D eigenvalue weighted by Gasteiger charge is 2.20. The minimum absolute atomic E-state index is 0.0882. The Hall–Kier alpha value is -1.93. The lowest BCUT2D eigenvalue weighted by molar-refractivity contribution is -0.141. The molecule has 0 heterocycles. The first-order valence-corrected chi connectivity index (χ1v) is 7.64. The van der Waals surface area contributed by atoms with Gasteiger partial charge in [-0.15, -0.1) is 0 Å². The summed E-state index contributed by atoms with van der Waals surface area (Å²) >= 11 is 0. The van der Waals surface area contributed by atoms with Gasteiger partial charge in [-0.1, -0.05) is 6.07 Å². The summed E-state index contributed by atoms with van der Waals surface area (Å²) in [6.45, 7) is 2.89. The van der Waals surface area contributed by atoms with E-state index in [1.54, 1.807) is 13.8 Å². The van der Waals surface area contributed by atoms with Gasteiger partial charge in [0.05, 0.1) is 24.2 Å². The molecule has 116 valence electrons. The van der Waals surface area contributed by atoms with E-state index in [4.69, 9.17) is 0 Å². The average Bonchev–Trinajstić information content (AvgIpc) is 2.45. The third-order valence-corrected chi connectivity index (χ3v) is 4.15. The van der Waals surface area contributed by atoms with Gasteiger partial charge in [-0.2, -0.15) is 4.72 Å². The van der Waals surface area contributed by atoms with Gasteiger partial charge in [0, 0.05) is 0 Å². The van der Waals surface area contributed by atoms with Crippen LogP contribution in [0.1, 0.15) is 22.8 Å². The molecule has 0 bridgehead atoms. The van der Waals surface area contributed by atoms with Gasteiger partial charge in [0.15, 0.2) is 0 Å². The first-order valence-electron chi connectivity index (χ1n) is 6.16. The van der Waals surface area contributed by atoms with Crippen LogP contribution in [-0.2, 0) is 24.3 Å². The highest BCUT2D eigenvalue weighted by atomic mass is 32.2. The van der Waals surface area contributed by atoms with Crippen molar-refractivity contribution < 1.29 is 27.5 Å². The molecule has 0 saturated heterocycles. The van der Waals surface area contributed by atoms with E-state index in [9.17, 15) is 18.0 Å². The maximum Gasteiger partial charge on any atom is 0.337 e. The minimum atomic E-state index is -3.93. The number of hydrogen-bond donors (Lipinski definition) is 1. The second-order valence-corrected chi connectivity index (χ2v) is 5.84. The van der Waals surface area contributed by atoms with Crippen molar-refractivity contribution in [2.24, 2.45) is 0 Å². The predicted octanol–water partition coefficient (Wildman–Crippen LogP) is 0.623. The number of ether oxygens (including phenoxy) is 2. The number of esters is 2. The van der Waals surface area contributed by atoms with E-state index in [1.807, 2.05) is 0 Å². The fraction of sp³-hybridized carbons (Fsp3) is 0.385. The Bertz CT molecular complexity index is 638. The molecule has 8 heteroatoms. The molecule has 7 nitrogen and oxygen atoms in total. The molecule has 0 unspecified atom stereocenters. The van der Waals surface area contributed by atoms with Crippen molar-refractivity contribution in [2.75, 3.05) is 20.3 Å². The topological polar surface area (TPSA) is 98.8 Å². The molecule has 0 aliphatic heterocycles. The van der Waals surface area contributed by atoms with Gasteiger partial charge in [-0.05, 0) is 31.5 Å². The van der Waals surface area contributed by atoms with Crippen LogP contribution in [0.3, 0.4) is 0 Å². The monoisotopic (exact) mass is 315 g/mol. The van der Waals surface area contributed by atoms with Crippen molar-refractivity contribution in [2.45, 2.75) is 18.7 Å². The first-order chi connectivity index (χ1) is 9.81. The number of carbonyl (C=O) groups excluding carboxylic acids is 2. The van der Waals surface area contributed by atoms with Gasteiger partial charge < -0.3 is 9.47 Å². The number of sulfonamides is 1. The molecule has 0 aliphatic rings. The van der Waals surface area contributed by atoms with Crippen LogP contribution in [0, 0.1) is 6.92 Å². The van der Waals surface area contributed by atoms with Gasteiger partial charge in [0.25, 0.3) is 0 Å². The Kier molecular flexibility index (Phi) is 5.86. The molecule has 1 N–H and O–H groups in total. The summed E-state index contributed by atoms with van der Waals surface area (Å²) in [6, 6.07) is 4.16. The van der Waals surface area contributed by atoms with Crippen LogP contribution in [0.25, 0.3) is 0 Å². The van der Waals surface area contributed by atoms with Gasteiger partial charge in [-0.3, -0.25) is 4.79 Å². The summed E-state index contributed by atoms with van der Waals surface area (Å²) in [7, 11) is -2.72. The minimum Gasteiger partial charge on any atom is -0.465 e. The maximum absolute atomic E-state index is 12.2. The van der Waals surface area contributed by atoms with Crippen LogP contribution in [0.4, 0.5) is 0 Å². The standard InChI is InChI=1S/C13H17NO6S/c1-4-20-12(15)8-14-21(17,18)11-7-10(13(16)19-3)6-5-9(11)2/h5-7,14H,4,8H2,1-3H3. The number of hydrogen-bond acceptors (Lipinski definition) is 6. The summed E-state index contributed by atoms with van der Waals surface area (Å²) in [5.74, 6) is -1.32. The quantitative estimate of drug-likeness (QED) is 0.773. The summed E-state index contributed by atoms with van der Waals surface area (Å²) < 4.78 is 35.6. The molecule has 1 aromatic carbocycles. The van der Waals surface area contributed by atoms with Crippen molar-refractivity contribution in [3.63, 3.8) is 0 Å². The first kappa shape index (κ1) is 17.1. The molecule has 0 aromatic heterocycles. The Morgan fingerprint density at radius 2 is 1.95 bits per heavy atom. The van der Waals surface area contributed by atoms with Crippen molar-refractivity contribution >= 4 is 22.0 Å². The number of aryl methyl sites for hydroxylation is 1. The Morgan fingerprint density at radius 1 is 1.29 bits per heavy atom. The number of carbonyl (C=O) groups is 2. The molecule has 0 radical (unpaired) electrons. The predicted molar refractivity (Wildman–Crippen MR) is 74.3 cm³/mol. The van der Waals surface area contributed by atoms with E-state index >= 15 is 0 Å². The van der Waals surface area contributed by atoms with Crippen LogP contribution >= 0.6 is 0 Å². The van der Waals surface area contributed by atoms with Crippen molar-refractivity contribution in [1.29, 1.82) is 0 Å². The fourth-order valence-corrected chi connectivity index (χ4v) is 2.82. The Balaban J connectivity index is 3.02. The Morgan fingerprint density at radius 3 is 2.52 bits per heavy atom. The van der Waals surface area contributed by atoms with Crippen molar-refractivity contribution in [1.82, 2.24) is 4.72 Å². The largest absolute Gasteiger partial charge is 0.465 e. The van der Waals surface area contributed by atoms with Gasteiger partial charge >= 0.3 is 11.9 Å². The SMILES string of the molecule is CCOC(=O)CNS(=O)(=O)c1cc(C(=O)OC)ccc1C. The smallest absolute Gasteiger partial charge is 0.337 e. The summed E-state index contributed by atoms with van der Waals surface area (Å²) in [5, 5.41) is 0. The van der Waals surface area contributed by atoms with Crippen molar-refractivity contribution in [3.05, 3.63) is 29.3 Å². The lowest BCUT2D eigenvalue weighted by Gasteiger charge is -2.10. The lowest BCUT2D eigenvalue weighted by atomic mass is 10.1. The summed E-state index contributed by atoms with van der Waals surface area (Å²) in [6.07, 6.45) is 0. The zero-order valence-electron chi connectivity index (χ0n) is 12.0. The molecular formula is C13H17NO6S. The van der Waals surface area contributed by atoms with Gasteiger partial charge in [-0.25, -0.2) is 13.2 Å². The van der Waals surface area contributed by atoms with Crippen LogP contribution in [0.15, 0.2) is 23.1 Å². The van der Waals surface area contributed by atoms with E-state index in [0.717, 1.165) is 0 Å². The molecule has 0 fully saturated rings. The highest BCUT2D eigenvalue weighted by Crippen LogP contribution is 2.17. The average molecular weight is 315 g/mol. The fourth-order valence-electron chi connectivity index (χ4n) is 1.58. The highest BCUT2D eigenvalue weighted by molar-refractivity contribution is 7.89. The van der Waals surface area contributed by atoms with Crippen LogP contribution in [0.2, 0.25) is 0 Å². The normalized spacial score (nSPS) is 11.0. The second-order valence-electron chi connectivity index (χ2n) is 4.10. The summed E-state index contributed by atoms with van der Waals surface area (Å²) in [5.41, 5.74) is 0.554. The third-order valence-electron chi connectivity index (χ3n) is 2.61. The van der Waals surface area contributed by atoms with E-state index < -0.39 is 28.5 Å². The molecule has 0 amide bonds. The third kappa shape index (κ3) is 4.54. The Labute approximate surface area is 123 Å². The van der Waals surface area contributed by atoms with Crippen LogP contribution < -0.4 is 4.72 Å². The number of benzene rings is 1. The molecule has 1 aromatic rings. The molecule has 1 rings (SSSR count). The molecule has 21 heavy (non-hydrogen) atoms. The van der Waals surface area contributed by atoms with E-state index in [0.29, 0.717) is 5.56 Å². The summed E-state index contributed by atoms with van der Waals surface area (Å²) in [4.78, 5) is 22.6. The van der Waals surface area contributed by atoms with E-state index in [-0.39, 0.29) is 17.1 Å². The molecule has 0 aliphatic carbocycles. The lowest BCUT2D eigenvalue weighted by Crippen LogP contribution is -2.31. The molecule has 0 atom stereocenters. The second kappa shape index (κ2) is 7.19. The number of nitrogens with one attached hydrogen (secondary N) is 1. The van der Waals surface area contributed by atoms with Crippen LogP contribution in [-0.4, -0.2) is 40.6 Å². The van der Waals surface area contributed by atoms with Crippen LogP contribution in [0.5, 0.6) is 0 Å². The van der Waals surface area contributed by atoms with Crippen molar-refractivity contribution in [3.8, 4) is 0 Å². The molecule has 0 spiro atoms. The van der Waals surface area contributed by atoms with E-state index in [1.165, 1.54) is 25.3 Å². The van der Waals surface area contributed by atoms with Gasteiger partial charge in [0.2, 0.25) is 10.0 Å². The molecule has 0 saturated carbocycles. The number of methoxy groups -OCH3 is 1. The zero-order chi connectivity index (χ0) is 16.0. The molecular weight excluding hydrogens is 298 g/mol. The van der Waals surface area contributed by atoms with E-state index in [2.05, 4.69) is 14.2 Å².